The van der Waals surface area contributed by atoms with Crippen molar-refractivity contribution >= 4 is 39.8 Å². The van der Waals surface area contributed by atoms with Crippen molar-refractivity contribution in [2.45, 2.75) is 57.9 Å². The first-order valence-electron chi connectivity index (χ1n) is 14.5. The Morgan fingerprint density at radius 3 is 2.69 bits per heavy atom. The number of carbonyl (C=O) groups is 2. The molecular weight excluding hydrogens is 591 g/mol. The van der Waals surface area contributed by atoms with Gasteiger partial charge in [0.1, 0.15) is 28.9 Å². The van der Waals surface area contributed by atoms with Crippen molar-refractivity contribution in [1.29, 1.82) is 0 Å². The molecule has 4 aromatic rings. The van der Waals surface area contributed by atoms with Crippen molar-refractivity contribution < 1.29 is 37.0 Å². The number of alkyl halides is 3. The van der Waals surface area contributed by atoms with Crippen LogP contribution < -0.4 is 9.64 Å². The van der Waals surface area contributed by atoms with Gasteiger partial charge in [0.05, 0.1) is 12.1 Å². The van der Waals surface area contributed by atoms with E-state index >= 15 is 4.39 Å². The number of benzene rings is 1. The number of carboxylic acid groups (broad SMARTS) is 1. The first-order chi connectivity index (χ1) is 21.5. The van der Waals surface area contributed by atoms with Gasteiger partial charge in [0.15, 0.2) is 17.2 Å². The quantitative estimate of drug-likeness (QED) is 0.288. The van der Waals surface area contributed by atoms with E-state index in [0.29, 0.717) is 16.5 Å². The number of halogens is 3. The molecule has 5 heterocycles. The zero-order valence-corrected chi connectivity index (χ0v) is 24.8. The van der Waals surface area contributed by atoms with Gasteiger partial charge in [-0.1, -0.05) is 25.0 Å². The number of para-hydroxylation sites is 1. The Bertz CT molecular complexity index is 1870. The van der Waals surface area contributed by atoms with Gasteiger partial charge in [-0.2, -0.15) is 0 Å². The van der Waals surface area contributed by atoms with Gasteiger partial charge >= 0.3 is 5.97 Å². The number of hydrogen-bond donors (Lipinski definition) is 1. The van der Waals surface area contributed by atoms with Crippen molar-refractivity contribution in [2.24, 2.45) is 5.92 Å². The van der Waals surface area contributed by atoms with Gasteiger partial charge < -0.3 is 24.1 Å². The largest absolute Gasteiger partial charge is 0.480 e. The highest BCUT2D eigenvalue weighted by Gasteiger charge is 2.47. The molecule has 1 aromatic carbocycles. The van der Waals surface area contributed by atoms with E-state index in [4.69, 9.17) is 9.15 Å². The number of aromatic nitrogens is 3. The number of anilines is 1. The molecule has 10 nitrogen and oxygen atoms in total. The van der Waals surface area contributed by atoms with E-state index in [2.05, 4.69) is 26.8 Å². The van der Waals surface area contributed by atoms with E-state index in [9.17, 15) is 23.5 Å². The van der Waals surface area contributed by atoms with Crippen LogP contribution in [0.1, 0.15) is 57.0 Å². The number of rotatable bonds is 6. The van der Waals surface area contributed by atoms with Crippen LogP contribution in [-0.2, 0) is 15.3 Å². The molecule has 2 fully saturated rings. The normalized spacial score (nSPS) is 23.4. The van der Waals surface area contributed by atoms with Crippen LogP contribution in [0.3, 0.4) is 0 Å². The molecular formula is C32H30F3N5O5. The minimum absolute atomic E-state index is 0.00467. The first-order valence-corrected chi connectivity index (χ1v) is 14.5. The summed E-state index contributed by atoms with van der Waals surface area (Å²) in [4.78, 5) is 39.9. The van der Waals surface area contributed by atoms with Crippen LogP contribution in [0, 0.1) is 17.8 Å². The molecule has 234 valence electrons. The van der Waals surface area contributed by atoms with E-state index in [0.717, 1.165) is 0 Å². The SMILES string of the molecule is CC#Cc1cnc(O[C@H]2C[C@@H](C(=O)O)N(c3nc(C(F)F)nc4c3oc3ccccc34)C2)c([C@@]2(F)CCN(C(C)=O)C[C@@H]2C)c1. The van der Waals surface area contributed by atoms with Gasteiger partial charge in [-0.3, -0.25) is 4.79 Å². The van der Waals surface area contributed by atoms with E-state index in [1.54, 1.807) is 49.1 Å². The predicted molar refractivity (Wildman–Crippen MR) is 158 cm³/mol. The monoisotopic (exact) mass is 621 g/mol. The number of aliphatic carboxylic acids is 1. The molecule has 1 amide bonds. The van der Waals surface area contributed by atoms with Crippen molar-refractivity contribution in [3.63, 3.8) is 0 Å². The number of likely N-dealkylation sites (tertiary alicyclic amines) is 1. The number of carboxylic acids is 1. The predicted octanol–water partition coefficient (Wildman–Crippen LogP) is 5.24. The zero-order chi connectivity index (χ0) is 32.0. The fourth-order valence-corrected chi connectivity index (χ4v) is 6.25. The third-order valence-electron chi connectivity index (χ3n) is 8.55. The number of carbonyl (C=O) groups excluding carboxylic acids is 1. The Morgan fingerprint density at radius 1 is 1.22 bits per heavy atom. The van der Waals surface area contributed by atoms with E-state index in [1.807, 2.05) is 0 Å². The molecule has 2 saturated heterocycles. The number of amides is 1. The van der Waals surface area contributed by atoms with Gasteiger partial charge in [-0.05, 0) is 25.1 Å². The maximum absolute atomic E-state index is 16.9. The second kappa shape index (κ2) is 11.6. The molecule has 45 heavy (non-hydrogen) atoms. The Kier molecular flexibility index (Phi) is 7.76. The summed E-state index contributed by atoms with van der Waals surface area (Å²) in [7, 11) is 0. The molecule has 3 aromatic heterocycles. The topological polar surface area (TPSA) is 122 Å². The number of ether oxygens (including phenoxy) is 1. The summed E-state index contributed by atoms with van der Waals surface area (Å²) in [6.45, 7) is 5.11. The molecule has 2 aliphatic rings. The van der Waals surface area contributed by atoms with Crippen LogP contribution in [0.15, 0.2) is 40.9 Å². The van der Waals surface area contributed by atoms with Gasteiger partial charge in [0.2, 0.25) is 11.8 Å². The smallest absolute Gasteiger partial charge is 0.326 e. The molecule has 0 saturated carbocycles. The van der Waals surface area contributed by atoms with Crippen molar-refractivity contribution in [3.05, 3.63) is 53.5 Å². The lowest BCUT2D eigenvalue weighted by Crippen LogP contribution is -2.48. The second-order valence-electron chi connectivity index (χ2n) is 11.4. The molecule has 0 bridgehead atoms. The third-order valence-corrected chi connectivity index (χ3v) is 8.55. The lowest BCUT2D eigenvalue weighted by molar-refractivity contribution is -0.138. The summed E-state index contributed by atoms with van der Waals surface area (Å²) in [6.07, 6.45) is -2.47. The summed E-state index contributed by atoms with van der Waals surface area (Å²) in [5.74, 6) is 2.80. The zero-order valence-electron chi connectivity index (χ0n) is 24.8. The van der Waals surface area contributed by atoms with Gasteiger partial charge in [-0.15, -0.1) is 5.92 Å². The highest BCUT2D eigenvalue weighted by Crippen LogP contribution is 2.45. The molecule has 1 N–H and O–H groups in total. The highest BCUT2D eigenvalue weighted by molar-refractivity contribution is 6.06. The lowest BCUT2D eigenvalue weighted by atomic mass is 9.78. The van der Waals surface area contributed by atoms with Crippen molar-refractivity contribution in [1.82, 2.24) is 19.9 Å². The average Bonchev–Trinajstić information content (AvgIpc) is 3.60. The van der Waals surface area contributed by atoms with Crippen molar-refractivity contribution in [2.75, 3.05) is 24.5 Å². The van der Waals surface area contributed by atoms with Crippen LogP contribution in [-0.4, -0.2) is 68.6 Å². The molecule has 0 spiro atoms. The average molecular weight is 622 g/mol. The number of hydrogen-bond acceptors (Lipinski definition) is 8. The minimum atomic E-state index is -3.02. The van der Waals surface area contributed by atoms with Crippen LogP contribution in [0.4, 0.5) is 19.0 Å². The number of pyridine rings is 1. The van der Waals surface area contributed by atoms with Crippen molar-refractivity contribution in [3.8, 4) is 17.7 Å². The molecule has 2 aliphatic heterocycles. The van der Waals surface area contributed by atoms with E-state index in [1.165, 1.54) is 18.0 Å². The number of nitrogens with zero attached hydrogens (tertiary/aromatic N) is 5. The van der Waals surface area contributed by atoms with Crippen LogP contribution in [0.25, 0.3) is 22.1 Å². The number of piperidine rings is 1. The Labute approximate surface area is 256 Å². The lowest BCUT2D eigenvalue weighted by Gasteiger charge is -2.41. The molecule has 0 aliphatic carbocycles. The number of furan rings is 1. The molecule has 4 atom stereocenters. The standard InChI is InChI=1S/C32H30F3N5O5/c1-4-7-19-12-22(32(35)10-11-39(18(3)41)15-17(32)2)30(36-14-19)44-20-13-23(31(42)43)40(16-20)29-26-25(37-28(38-29)27(33)34)21-8-5-6-9-24(21)45-26/h5-6,8-9,12,14,17,20,23,27H,10-11,13,15-16H2,1-3H3,(H,42,43)/t17-,20-,23-,32+/m0/s1. The maximum Gasteiger partial charge on any atom is 0.326 e. The summed E-state index contributed by atoms with van der Waals surface area (Å²) in [6, 6.07) is 7.12. The van der Waals surface area contributed by atoms with Crippen LogP contribution in [0.5, 0.6) is 5.88 Å². The minimum Gasteiger partial charge on any atom is -0.480 e. The first kappa shape index (κ1) is 30.2. The Hall–Kier alpha value is -4.86. The van der Waals surface area contributed by atoms with Crippen LogP contribution in [0.2, 0.25) is 0 Å². The number of fused-ring (bicyclic) bond motifs is 3. The summed E-state index contributed by atoms with van der Waals surface area (Å²) < 4.78 is 57.0. The molecule has 0 unspecified atom stereocenters. The Balaban J connectivity index is 1.38. The maximum atomic E-state index is 16.9. The molecule has 0 radical (unpaired) electrons. The van der Waals surface area contributed by atoms with E-state index < -0.39 is 42.0 Å². The fraction of sp³-hybridized carbons (Fsp3) is 0.406. The summed E-state index contributed by atoms with van der Waals surface area (Å²) >= 11 is 0. The third kappa shape index (κ3) is 5.38. The molecule has 13 heteroatoms. The van der Waals surface area contributed by atoms with Gasteiger partial charge in [0.25, 0.3) is 6.43 Å². The van der Waals surface area contributed by atoms with Gasteiger partial charge in [0, 0.05) is 55.9 Å². The van der Waals surface area contributed by atoms with Crippen LogP contribution >= 0.6 is 0 Å². The fourth-order valence-electron chi connectivity index (χ4n) is 6.25. The Morgan fingerprint density at radius 2 is 2.00 bits per heavy atom. The second-order valence-corrected chi connectivity index (χ2v) is 11.4. The molecule has 6 rings (SSSR count). The highest BCUT2D eigenvalue weighted by atomic mass is 19.3. The summed E-state index contributed by atoms with van der Waals surface area (Å²) in [5, 5.41) is 10.7. The van der Waals surface area contributed by atoms with E-state index in [-0.39, 0.29) is 66.7 Å². The van der Waals surface area contributed by atoms with Gasteiger partial charge in [-0.25, -0.2) is 32.9 Å². The summed E-state index contributed by atoms with van der Waals surface area (Å²) in [5.41, 5.74) is -0.684.